The minimum absolute atomic E-state index is 0.0603. The summed E-state index contributed by atoms with van der Waals surface area (Å²) in [6, 6.07) is 2.23. The van der Waals surface area contributed by atoms with Crippen molar-refractivity contribution in [1.29, 1.82) is 5.26 Å². The Morgan fingerprint density at radius 3 is 3.06 bits per heavy atom. The van der Waals surface area contributed by atoms with Crippen molar-refractivity contribution >= 4 is 5.91 Å². The summed E-state index contributed by atoms with van der Waals surface area (Å²) in [5, 5.41) is 11.9. The van der Waals surface area contributed by atoms with Crippen molar-refractivity contribution in [3.63, 3.8) is 0 Å². The molecule has 90 valence electrons. The van der Waals surface area contributed by atoms with Crippen LogP contribution in [0, 0.1) is 17.2 Å². The number of hydrogen-bond acceptors (Lipinski definition) is 4. The second-order valence-electron chi connectivity index (χ2n) is 4.23. The Morgan fingerprint density at radius 1 is 1.75 bits per heavy atom. The molecule has 1 rings (SSSR count). The van der Waals surface area contributed by atoms with Crippen molar-refractivity contribution in [3.8, 4) is 6.07 Å². The molecule has 5 heteroatoms. The van der Waals surface area contributed by atoms with E-state index in [1.165, 1.54) is 0 Å². The van der Waals surface area contributed by atoms with E-state index >= 15 is 0 Å². The van der Waals surface area contributed by atoms with Gasteiger partial charge >= 0.3 is 0 Å². The number of ether oxygens (including phenoxy) is 1. The first kappa shape index (κ1) is 12.9. The molecule has 1 heterocycles. The molecule has 0 bridgehead atoms. The lowest BCUT2D eigenvalue weighted by atomic mass is 10.1. The maximum Gasteiger partial charge on any atom is 0.224 e. The summed E-state index contributed by atoms with van der Waals surface area (Å²) in [5.41, 5.74) is 0. The van der Waals surface area contributed by atoms with E-state index in [-0.39, 0.29) is 17.9 Å². The molecule has 1 N–H and O–H groups in total. The quantitative estimate of drug-likeness (QED) is 0.730. The monoisotopic (exact) mass is 225 g/mol. The summed E-state index contributed by atoms with van der Waals surface area (Å²) in [6.07, 6.45) is 0.439. The molecule has 0 aliphatic carbocycles. The molecule has 2 unspecified atom stereocenters. The molecule has 1 saturated heterocycles. The summed E-state index contributed by atoms with van der Waals surface area (Å²) in [5.74, 6) is -0.0605. The summed E-state index contributed by atoms with van der Waals surface area (Å²) in [6.45, 7) is 4.41. The van der Waals surface area contributed by atoms with Gasteiger partial charge in [-0.1, -0.05) is 0 Å². The predicted molar refractivity (Wildman–Crippen MR) is 59.6 cm³/mol. The van der Waals surface area contributed by atoms with Crippen LogP contribution < -0.4 is 5.32 Å². The van der Waals surface area contributed by atoms with Crippen molar-refractivity contribution in [2.45, 2.75) is 19.4 Å². The van der Waals surface area contributed by atoms with E-state index in [0.29, 0.717) is 26.2 Å². The van der Waals surface area contributed by atoms with E-state index in [1.807, 2.05) is 6.92 Å². The Kier molecular flexibility index (Phi) is 5.23. The predicted octanol–water partition coefficient (Wildman–Crippen LogP) is -0.0170. The first-order valence-electron chi connectivity index (χ1n) is 5.58. The number of nitrogens with one attached hydrogen (secondary N) is 1. The van der Waals surface area contributed by atoms with Crippen LogP contribution in [0.2, 0.25) is 0 Å². The van der Waals surface area contributed by atoms with Crippen LogP contribution in [0.15, 0.2) is 0 Å². The van der Waals surface area contributed by atoms with Crippen LogP contribution in [0.5, 0.6) is 0 Å². The number of carbonyl (C=O) groups is 1. The van der Waals surface area contributed by atoms with E-state index in [1.54, 1.807) is 11.9 Å². The standard InChI is InChI=1S/C11H19N3O2/c1-9(6-12)7-14(2)11(15)5-10-8-16-4-3-13-10/h9-10,13H,3-5,7-8H2,1-2H3. The zero-order valence-corrected chi connectivity index (χ0v) is 9.90. The maximum absolute atomic E-state index is 11.8. The number of hydrogen-bond donors (Lipinski definition) is 1. The molecule has 0 aromatic heterocycles. The molecule has 0 aromatic carbocycles. The van der Waals surface area contributed by atoms with Gasteiger partial charge in [0, 0.05) is 32.6 Å². The SMILES string of the molecule is CC(C#N)CN(C)C(=O)CC1COCCN1. The van der Waals surface area contributed by atoms with E-state index in [2.05, 4.69) is 11.4 Å². The fourth-order valence-corrected chi connectivity index (χ4v) is 1.67. The van der Waals surface area contributed by atoms with Gasteiger partial charge in [-0.2, -0.15) is 5.26 Å². The first-order valence-corrected chi connectivity index (χ1v) is 5.58. The highest BCUT2D eigenvalue weighted by Crippen LogP contribution is 2.03. The number of carbonyl (C=O) groups excluding carboxylic acids is 1. The molecular formula is C11H19N3O2. The second-order valence-corrected chi connectivity index (χ2v) is 4.23. The zero-order chi connectivity index (χ0) is 12.0. The number of amides is 1. The summed E-state index contributed by atoms with van der Waals surface area (Å²) >= 11 is 0. The summed E-state index contributed by atoms with van der Waals surface area (Å²) in [7, 11) is 1.74. The fraction of sp³-hybridized carbons (Fsp3) is 0.818. The van der Waals surface area contributed by atoms with Gasteiger partial charge in [-0.25, -0.2) is 0 Å². The molecular weight excluding hydrogens is 206 g/mol. The van der Waals surface area contributed by atoms with E-state index in [4.69, 9.17) is 10.00 Å². The van der Waals surface area contributed by atoms with Crippen molar-refractivity contribution < 1.29 is 9.53 Å². The smallest absolute Gasteiger partial charge is 0.224 e. The van der Waals surface area contributed by atoms with Gasteiger partial charge in [0.2, 0.25) is 5.91 Å². The van der Waals surface area contributed by atoms with Gasteiger partial charge in [0.15, 0.2) is 0 Å². The Labute approximate surface area is 96.4 Å². The Bertz CT molecular complexity index is 269. The molecule has 16 heavy (non-hydrogen) atoms. The van der Waals surface area contributed by atoms with E-state index < -0.39 is 0 Å². The van der Waals surface area contributed by atoms with Crippen LogP contribution in [0.3, 0.4) is 0 Å². The number of nitrogens with zero attached hydrogens (tertiary/aromatic N) is 2. The average Bonchev–Trinajstić information content (AvgIpc) is 2.30. The highest BCUT2D eigenvalue weighted by molar-refractivity contribution is 5.76. The van der Waals surface area contributed by atoms with Crippen LogP contribution in [0.25, 0.3) is 0 Å². The van der Waals surface area contributed by atoms with Crippen LogP contribution >= 0.6 is 0 Å². The normalized spacial score (nSPS) is 22.2. The molecule has 1 fully saturated rings. The van der Waals surface area contributed by atoms with Gasteiger partial charge < -0.3 is 15.0 Å². The van der Waals surface area contributed by atoms with Crippen molar-refractivity contribution in [2.75, 3.05) is 33.4 Å². The lowest BCUT2D eigenvalue weighted by Gasteiger charge is -2.26. The van der Waals surface area contributed by atoms with Gasteiger partial charge in [0.25, 0.3) is 0 Å². The largest absolute Gasteiger partial charge is 0.378 e. The lowest BCUT2D eigenvalue weighted by Crippen LogP contribution is -2.45. The van der Waals surface area contributed by atoms with Gasteiger partial charge in [-0.15, -0.1) is 0 Å². The molecule has 0 saturated carbocycles. The first-order chi connectivity index (χ1) is 7.63. The molecule has 5 nitrogen and oxygen atoms in total. The summed E-state index contributed by atoms with van der Waals surface area (Å²) in [4.78, 5) is 13.4. The zero-order valence-electron chi connectivity index (χ0n) is 9.90. The Morgan fingerprint density at radius 2 is 2.50 bits per heavy atom. The summed E-state index contributed by atoms with van der Waals surface area (Å²) < 4.78 is 5.28. The molecule has 0 aromatic rings. The molecule has 0 spiro atoms. The minimum Gasteiger partial charge on any atom is -0.378 e. The van der Waals surface area contributed by atoms with Crippen LogP contribution in [0.1, 0.15) is 13.3 Å². The van der Waals surface area contributed by atoms with Crippen LogP contribution in [-0.4, -0.2) is 50.2 Å². The maximum atomic E-state index is 11.8. The van der Waals surface area contributed by atoms with Crippen molar-refractivity contribution in [3.05, 3.63) is 0 Å². The van der Waals surface area contributed by atoms with Crippen LogP contribution in [-0.2, 0) is 9.53 Å². The minimum atomic E-state index is -0.121. The second kappa shape index (κ2) is 6.46. The van der Waals surface area contributed by atoms with Gasteiger partial charge in [-0.05, 0) is 6.92 Å². The highest BCUT2D eigenvalue weighted by Gasteiger charge is 2.19. The topological polar surface area (TPSA) is 65.4 Å². The highest BCUT2D eigenvalue weighted by atomic mass is 16.5. The Balaban J connectivity index is 2.30. The van der Waals surface area contributed by atoms with Crippen LogP contribution in [0.4, 0.5) is 0 Å². The van der Waals surface area contributed by atoms with E-state index in [9.17, 15) is 4.79 Å². The number of nitriles is 1. The third-order valence-corrected chi connectivity index (χ3v) is 2.61. The van der Waals surface area contributed by atoms with E-state index in [0.717, 1.165) is 6.54 Å². The lowest BCUT2D eigenvalue weighted by molar-refractivity contribution is -0.131. The fourth-order valence-electron chi connectivity index (χ4n) is 1.67. The van der Waals surface area contributed by atoms with Crippen molar-refractivity contribution in [1.82, 2.24) is 10.2 Å². The third kappa shape index (κ3) is 4.17. The van der Waals surface area contributed by atoms with Gasteiger partial charge in [0.1, 0.15) is 0 Å². The molecule has 1 aliphatic heterocycles. The Hall–Kier alpha value is -1.12. The molecule has 1 amide bonds. The average molecular weight is 225 g/mol. The molecule has 1 aliphatic rings. The number of morpholine rings is 1. The third-order valence-electron chi connectivity index (χ3n) is 2.61. The molecule has 2 atom stereocenters. The van der Waals surface area contributed by atoms with Crippen molar-refractivity contribution in [2.24, 2.45) is 5.92 Å². The van der Waals surface area contributed by atoms with Gasteiger partial charge in [-0.3, -0.25) is 4.79 Å². The molecule has 0 radical (unpaired) electrons. The number of rotatable bonds is 4. The van der Waals surface area contributed by atoms with Gasteiger partial charge in [0.05, 0.1) is 25.2 Å².